The Labute approximate surface area is 63.1 Å². The first kappa shape index (κ1) is 15.9. The molecule has 7 heteroatoms. The van der Waals surface area contributed by atoms with E-state index in [4.69, 9.17) is 22.1 Å². The van der Waals surface area contributed by atoms with E-state index >= 15 is 0 Å². The first-order valence-corrected chi connectivity index (χ1v) is 0.800. The minimum Gasteiger partial charge on any atom is -0.373 e. The van der Waals surface area contributed by atoms with Crippen LogP contribution in [0.2, 0.25) is 0 Å². The summed E-state index contributed by atoms with van der Waals surface area (Å²) < 4.78 is 0. The molecule has 7 heavy (non-hydrogen) atoms. The molecule has 0 atom stereocenters. The van der Waals surface area contributed by atoms with Gasteiger partial charge in [-0.15, -0.1) is 0 Å². The van der Waals surface area contributed by atoms with Gasteiger partial charge >= 0.3 is 31.1 Å². The van der Waals surface area contributed by atoms with Crippen molar-refractivity contribution in [3.05, 3.63) is 31.9 Å². The van der Waals surface area contributed by atoms with Crippen molar-refractivity contribution in [3.63, 3.8) is 0 Å². The maximum atomic E-state index is 6.75. The molecule has 0 bridgehead atoms. The van der Waals surface area contributed by atoms with Gasteiger partial charge in [0.15, 0.2) is 0 Å². The zero-order valence-corrected chi connectivity index (χ0v) is 7.35. The van der Waals surface area contributed by atoms with Crippen LogP contribution in [0.25, 0.3) is 31.9 Å². The summed E-state index contributed by atoms with van der Waals surface area (Å²) in [5.41, 5.74) is 27.0. The second-order valence-electron chi connectivity index (χ2n) is 0.179. The molecule has 0 fully saturated rings. The van der Waals surface area contributed by atoms with Crippen molar-refractivity contribution in [2.45, 2.75) is 0 Å². The van der Waals surface area contributed by atoms with Crippen LogP contribution in [0.3, 0.4) is 0 Å². The van der Waals surface area contributed by atoms with E-state index in [0.717, 1.165) is 0 Å². The number of hydrogen-bond acceptors (Lipinski definition) is 0. The van der Waals surface area contributed by atoms with Gasteiger partial charge in [0.05, 0.1) is 0 Å². The number of rotatable bonds is 0. The van der Waals surface area contributed by atoms with Crippen LogP contribution in [0, 0.1) is 31.1 Å². The van der Waals surface area contributed by atoms with E-state index in [1.165, 1.54) is 9.82 Å². The van der Waals surface area contributed by atoms with Crippen LogP contribution in [0.5, 0.6) is 0 Å². The maximum Gasteiger partial charge on any atom is 2.00 e. The van der Waals surface area contributed by atoms with Crippen LogP contribution in [0.1, 0.15) is 0 Å². The van der Waals surface area contributed by atoms with Gasteiger partial charge < -0.3 is 22.1 Å². The average Bonchev–Trinajstić information content (AvgIpc) is 1.39. The molecular weight excluding hydrogens is 322 g/mol. The average molecular weight is 322 g/mol. The molecule has 0 saturated carbocycles. The summed E-state index contributed by atoms with van der Waals surface area (Å²) in [6, 6.07) is 0. The SMILES string of the molecule is [N-]=[N+]=[N-].[N-]=[N+]=[N-].[U+2]. The number of nitrogens with zero attached hydrogens (tertiary/aromatic N) is 6. The standard InChI is InChI=1S/2N3.U/c2*1-3-2;/q2*-1;+2. The van der Waals surface area contributed by atoms with Gasteiger partial charge in [-0.2, -0.15) is 0 Å². The minimum atomic E-state index is 0. The van der Waals surface area contributed by atoms with Crippen molar-refractivity contribution in [1.29, 1.82) is 0 Å². The fourth-order valence-corrected chi connectivity index (χ4v) is 0. The Morgan fingerprint density at radius 3 is 0.714 bits per heavy atom. The monoisotopic (exact) mass is 322 g/mol. The van der Waals surface area contributed by atoms with E-state index < -0.39 is 0 Å². The molecule has 0 aliphatic heterocycles. The Hall–Kier alpha value is -0.328. The van der Waals surface area contributed by atoms with Crippen LogP contribution in [0.15, 0.2) is 0 Å². The topological polar surface area (TPSA) is 117 Å². The van der Waals surface area contributed by atoms with Gasteiger partial charge in [0.1, 0.15) is 0 Å². The zero-order valence-electron chi connectivity index (χ0n) is 3.18. The molecule has 0 heterocycles. The summed E-state index contributed by atoms with van der Waals surface area (Å²) in [4.78, 5) is 3.00. The largest absolute Gasteiger partial charge is 2.00 e. The molecule has 6 nitrogen and oxygen atoms in total. The molecule has 0 N–H and O–H groups in total. The van der Waals surface area contributed by atoms with E-state index in [-0.39, 0.29) is 31.1 Å². The van der Waals surface area contributed by atoms with Crippen molar-refractivity contribution >= 4 is 0 Å². The third-order valence-corrected chi connectivity index (χ3v) is 0. The van der Waals surface area contributed by atoms with Crippen molar-refractivity contribution in [2.24, 2.45) is 0 Å². The fourth-order valence-electron chi connectivity index (χ4n) is 0. The van der Waals surface area contributed by atoms with E-state index in [1.807, 2.05) is 0 Å². The first-order chi connectivity index (χ1) is 2.83. The molecule has 0 aromatic carbocycles. The molecule has 0 unspecified atom stereocenters. The smallest absolute Gasteiger partial charge is 0.373 e. The molecule has 0 spiro atoms. The summed E-state index contributed by atoms with van der Waals surface area (Å²) >= 11 is 0. The predicted molar refractivity (Wildman–Crippen MR) is 20.2 cm³/mol. The van der Waals surface area contributed by atoms with Crippen molar-refractivity contribution < 1.29 is 31.1 Å². The minimum absolute atomic E-state index is 0. The second kappa shape index (κ2) is 44.3. The van der Waals surface area contributed by atoms with E-state index in [2.05, 4.69) is 0 Å². The third kappa shape index (κ3) is 711. The summed E-state index contributed by atoms with van der Waals surface area (Å²) in [5, 5.41) is 0. The Balaban J connectivity index is -0.0000000400. The van der Waals surface area contributed by atoms with Crippen LogP contribution in [-0.2, 0) is 0 Å². The van der Waals surface area contributed by atoms with Gasteiger partial charge in [-0.25, -0.2) is 0 Å². The molecule has 0 amide bonds. The van der Waals surface area contributed by atoms with Gasteiger partial charge in [0.2, 0.25) is 0 Å². The Morgan fingerprint density at radius 2 is 0.714 bits per heavy atom. The molecule has 0 saturated heterocycles. The second-order valence-corrected chi connectivity index (χ2v) is 0.179. The van der Waals surface area contributed by atoms with Gasteiger partial charge in [-0.05, 0) is 0 Å². The van der Waals surface area contributed by atoms with Crippen molar-refractivity contribution in [2.75, 3.05) is 0 Å². The summed E-state index contributed by atoms with van der Waals surface area (Å²) in [6.45, 7) is 0. The molecule has 0 rings (SSSR count). The molecule has 0 aromatic heterocycles. The van der Waals surface area contributed by atoms with Crippen LogP contribution < -0.4 is 0 Å². The molecule has 0 aromatic rings. The molecule has 34 valence electrons. The summed E-state index contributed by atoms with van der Waals surface area (Å²) in [7, 11) is 0. The van der Waals surface area contributed by atoms with Gasteiger partial charge in [0, 0.05) is 0 Å². The third-order valence-electron chi connectivity index (χ3n) is 0. The van der Waals surface area contributed by atoms with E-state index in [0.29, 0.717) is 0 Å². The Morgan fingerprint density at radius 1 is 0.714 bits per heavy atom. The van der Waals surface area contributed by atoms with Crippen LogP contribution in [-0.4, -0.2) is 0 Å². The fraction of sp³-hybridized carbons (Fsp3) is 0. The Kier molecular flexibility index (Phi) is 101. The zero-order chi connectivity index (χ0) is 5.41. The van der Waals surface area contributed by atoms with Crippen LogP contribution in [0.4, 0.5) is 0 Å². The number of hydrogen-bond donors (Lipinski definition) is 0. The first-order valence-electron chi connectivity index (χ1n) is 0.800. The van der Waals surface area contributed by atoms with Crippen molar-refractivity contribution in [3.8, 4) is 0 Å². The molecule has 0 aliphatic carbocycles. The molecule has 0 radical (unpaired) electrons. The Bertz CT molecular complexity index is 58.2. The summed E-state index contributed by atoms with van der Waals surface area (Å²) in [6.07, 6.45) is 0. The van der Waals surface area contributed by atoms with Gasteiger partial charge in [0.25, 0.3) is 0 Å². The normalized spacial score (nSPS) is 2.29. The van der Waals surface area contributed by atoms with E-state index in [1.54, 1.807) is 0 Å². The maximum absolute atomic E-state index is 6.75. The summed E-state index contributed by atoms with van der Waals surface area (Å²) in [5.74, 6) is 0. The predicted octanol–water partition coefficient (Wildman–Crippen LogP) is 1.73. The van der Waals surface area contributed by atoms with Crippen molar-refractivity contribution in [1.82, 2.24) is 0 Å². The van der Waals surface area contributed by atoms with Gasteiger partial charge in [-0.3, -0.25) is 9.82 Å². The molecule has 0 aliphatic rings. The quantitative estimate of drug-likeness (QED) is 0.367. The van der Waals surface area contributed by atoms with Crippen LogP contribution >= 0.6 is 0 Å². The van der Waals surface area contributed by atoms with E-state index in [9.17, 15) is 0 Å². The molecular formula is N6U. The van der Waals surface area contributed by atoms with Gasteiger partial charge in [-0.1, -0.05) is 0 Å².